The second-order valence-electron chi connectivity index (χ2n) is 13.0. The summed E-state index contributed by atoms with van der Waals surface area (Å²) in [4.78, 5) is 40.5. The highest BCUT2D eigenvalue weighted by Gasteiger charge is 2.45. The predicted molar refractivity (Wildman–Crippen MR) is 166 cm³/mol. The van der Waals surface area contributed by atoms with Crippen LogP contribution in [0.5, 0.6) is 0 Å². The van der Waals surface area contributed by atoms with E-state index in [1.165, 1.54) is 81.9 Å². The summed E-state index contributed by atoms with van der Waals surface area (Å²) in [5.74, 6) is 0.850. The summed E-state index contributed by atoms with van der Waals surface area (Å²) >= 11 is 0. The molecule has 0 spiro atoms. The Labute approximate surface area is 247 Å². The number of carbonyl (C=O) groups is 3. The maximum Gasteiger partial charge on any atom is 0.239 e. The minimum Gasteiger partial charge on any atom is -0.354 e. The first-order chi connectivity index (χ1) is 19.3. The molecule has 6 nitrogen and oxygen atoms in total. The number of unbranched alkanes of at least 4 members (excludes halogenated alkanes) is 5. The molecule has 0 bridgehead atoms. The first-order valence-electron chi connectivity index (χ1n) is 16.9. The van der Waals surface area contributed by atoms with Crippen molar-refractivity contribution in [2.24, 2.45) is 23.2 Å². The molecule has 3 atom stereocenters. The lowest BCUT2D eigenvalue weighted by molar-refractivity contribution is -0.136. The summed E-state index contributed by atoms with van der Waals surface area (Å²) in [5.41, 5.74) is 0.0875. The van der Waals surface area contributed by atoms with Gasteiger partial charge >= 0.3 is 0 Å². The molecule has 2 fully saturated rings. The van der Waals surface area contributed by atoms with Crippen LogP contribution in [-0.2, 0) is 14.4 Å². The van der Waals surface area contributed by atoms with Crippen molar-refractivity contribution in [1.82, 2.24) is 15.5 Å². The minimum absolute atomic E-state index is 0.00251. The van der Waals surface area contributed by atoms with Gasteiger partial charge in [0.05, 0.1) is 14.4 Å². The first-order valence-corrected chi connectivity index (χ1v) is 16.9. The zero-order chi connectivity index (χ0) is 29.2. The lowest BCUT2D eigenvalue weighted by Gasteiger charge is -2.46. The normalized spacial score (nSPS) is 23.8. The van der Waals surface area contributed by atoms with Gasteiger partial charge in [-0.1, -0.05) is 97.8 Å². The van der Waals surface area contributed by atoms with Crippen LogP contribution in [0, 0.1) is 23.2 Å². The van der Waals surface area contributed by atoms with Gasteiger partial charge in [0.25, 0.3) is 0 Å². The van der Waals surface area contributed by atoms with Crippen LogP contribution in [0.3, 0.4) is 0 Å². The first kappa shape index (κ1) is 34.7. The van der Waals surface area contributed by atoms with E-state index in [4.69, 9.17) is 7.85 Å². The molecule has 0 aromatic heterocycles. The van der Waals surface area contributed by atoms with Gasteiger partial charge in [0, 0.05) is 25.6 Å². The van der Waals surface area contributed by atoms with Gasteiger partial charge in [-0.05, 0) is 62.1 Å². The van der Waals surface area contributed by atoms with Crippen LogP contribution in [0.15, 0.2) is 0 Å². The minimum atomic E-state index is -0.255. The van der Waals surface area contributed by atoms with Gasteiger partial charge in [-0.2, -0.15) is 0 Å². The van der Waals surface area contributed by atoms with E-state index in [0.717, 1.165) is 38.5 Å². The molecule has 3 unspecified atom stereocenters. The Bertz CT molecular complexity index is 740. The van der Waals surface area contributed by atoms with E-state index in [9.17, 15) is 14.4 Å². The highest BCUT2D eigenvalue weighted by Crippen LogP contribution is 2.50. The fraction of sp³-hybridized carbons (Fsp3) is 0.909. The largest absolute Gasteiger partial charge is 0.354 e. The van der Waals surface area contributed by atoms with Gasteiger partial charge in [0.2, 0.25) is 17.7 Å². The van der Waals surface area contributed by atoms with Crippen LogP contribution >= 0.6 is 0 Å². The SMILES string of the molecule is [B]CC(=O)N(CCNC(=O)C1CC(C)CCC1(CCCCC)CCCCCC)CC(=O)NCC1CCCCCC1. The zero-order valence-corrected chi connectivity index (χ0v) is 26.2. The maximum atomic E-state index is 13.7. The molecule has 2 rings (SSSR count). The standard InChI is InChI=1S/C33H60BN3O3/c1-4-6-8-14-19-33(18-13-7-5-2)20-17-27(3)23-29(33)32(40)35-21-22-37(31(39)24-34)26-30(38)36-25-28-15-11-9-10-12-16-28/h27-29H,4-26H2,1-3H3,(H,35,40)(H,36,38). The molecule has 0 saturated heterocycles. The monoisotopic (exact) mass is 557 g/mol. The van der Waals surface area contributed by atoms with Crippen molar-refractivity contribution in [2.75, 3.05) is 26.2 Å². The van der Waals surface area contributed by atoms with Crippen LogP contribution in [0.2, 0.25) is 6.32 Å². The van der Waals surface area contributed by atoms with Crippen LogP contribution < -0.4 is 10.6 Å². The van der Waals surface area contributed by atoms with E-state index in [1.54, 1.807) is 0 Å². The van der Waals surface area contributed by atoms with Gasteiger partial charge in [-0.25, -0.2) is 0 Å². The van der Waals surface area contributed by atoms with Crippen molar-refractivity contribution in [2.45, 2.75) is 143 Å². The third-order valence-electron chi connectivity index (χ3n) is 9.74. The molecule has 2 aliphatic rings. The number of amides is 3. The molecule has 2 saturated carbocycles. The molecular formula is C33H60BN3O3. The van der Waals surface area contributed by atoms with Gasteiger partial charge in [0.1, 0.15) is 0 Å². The molecule has 0 aromatic rings. The van der Waals surface area contributed by atoms with Gasteiger partial charge in [-0.15, -0.1) is 0 Å². The van der Waals surface area contributed by atoms with Crippen molar-refractivity contribution in [3.63, 3.8) is 0 Å². The van der Waals surface area contributed by atoms with E-state index >= 15 is 0 Å². The molecule has 228 valence electrons. The number of nitrogens with one attached hydrogen (secondary N) is 2. The number of hydrogen-bond donors (Lipinski definition) is 2. The maximum absolute atomic E-state index is 13.7. The van der Waals surface area contributed by atoms with Crippen LogP contribution in [-0.4, -0.2) is 56.6 Å². The fourth-order valence-electron chi connectivity index (χ4n) is 7.13. The quantitative estimate of drug-likeness (QED) is 0.114. The summed E-state index contributed by atoms with van der Waals surface area (Å²) in [5, 5.41) is 6.24. The molecular weight excluding hydrogens is 497 g/mol. The van der Waals surface area contributed by atoms with Crippen LogP contribution in [0.4, 0.5) is 0 Å². The molecule has 2 radical (unpaired) electrons. The lowest BCUT2D eigenvalue weighted by atomic mass is 9.59. The molecule has 0 aromatic carbocycles. The number of carbonyl (C=O) groups excluding carboxylic acids is 3. The van der Waals surface area contributed by atoms with E-state index in [2.05, 4.69) is 31.4 Å². The lowest BCUT2D eigenvalue weighted by Crippen LogP contribution is -2.48. The summed E-state index contributed by atoms with van der Waals surface area (Å²) < 4.78 is 0. The Kier molecular flexibility index (Phi) is 17.0. The Morgan fingerprint density at radius 1 is 0.875 bits per heavy atom. The third-order valence-corrected chi connectivity index (χ3v) is 9.74. The predicted octanol–water partition coefficient (Wildman–Crippen LogP) is 6.58. The van der Waals surface area contributed by atoms with Crippen LogP contribution in [0.25, 0.3) is 0 Å². The van der Waals surface area contributed by atoms with Crippen molar-refractivity contribution < 1.29 is 14.4 Å². The highest BCUT2D eigenvalue weighted by molar-refractivity contribution is 6.19. The molecule has 3 amide bonds. The summed E-state index contributed by atoms with van der Waals surface area (Å²) in [6, 6.07) is 0. The number of nitrogens with zero attached hydrogens (tertiary/aromatic N) is 1. The molecule has 0 heterocycles. The molecule has 2 N–H and O–H groups in total. The Balaban J connectivity index is 1.95. The smallest absolute Gasteiger partial charge is 0.239 e. The Morgan fingerprint density at radius 3 is 2.17 bits per heavy atom. The second kappa shape index (κ2) is 19.6. The van der Waals surface area contributed by atoms with Crippen molar-refractivity contribution >= 4 is 25.6 Å². The Morgan fingerprint density at radius 2 is 1.52 bits per heavy atom. The van der Waals surface area contributed by atoms with E-state index in [-0.39, 0.29) is 41.9 Å². The average Bonchev–Trinajstić information content (AvgIpc) is 3.23. The molecule has 7 heteroatoms. The van der Waals surface area contributed by atoms with Gasteiger partial charge in [0.15, 0.2) is 0 Å². The van der Waals surface area contributed by atoms with Gasteiger partial charge < -0.3 is 15.5 Å². The molecule has 0 aliphatic heterocycles. The second-order valence-corrected chi connectivity index (χ2v) is 13.0. The van der Waals surface area contributed by atoms with E-state index in [0.29, 0.717) is 31.5 Å². The zero-order valence-electron chi connectivity index (χ0n) is 26.2. The Hall–Kier alpha value is -1.53. The number of rotatable bonds is 18. The van der Waals surface area contributed by atoms with E-state index in [1.807, 2.05) is 0 Å². The van der Waals surface area contributed by atoms with Crippen LogP contribution in [0.1, 0.15) is 136 Å². The van der Waals surface area contributed by atoms with Gasteiger partial charge in [-0.3, -0.25) is 14.4 Å². The topological polar surface area (TPSA) is 78.5 Å². The van der Waals surface area contributed by atoms with Crippen molar-refractivity contribution in [3.8, 4) is 0 Å². The molecule has 2 aliphatic carbocycles. The van der Waals surface area contributed by atoms with Crippen molar-refractivity contribution in [3.05, 3.63) is 0 Å². The van der Waals surface area contributed by atoms with E-state index < -0.39 is 0 Å². The average molecular weight is 558 g/mol. The third kappa shape index (κ3) is 12.1. The number of hydrogen-bond acceptors (Lipinski definition) is 3. The highest BCUT2D eigenvalue weighted by atomic mass is 16.2. The molecule has 40 heavy (non-hydrogen) atoms. The summed E-state index contributed by atoms with van der Waals surface area (Å²) in [6.45, 7) is 8.10. The van der Waals surface area contributed by atoms with Crippen molar-refractivity contribution in [1.29, 1.82) is 0 Å². The summed E-state index contributed by atoms with van der Waals surface area (Å²) in [6.07, 6.45) is 21.3. The fourth-order valence-corrected chi connectivity index (χ4v) is 7.13. The summed E-state index contributed by atoms with van der Waals surface area (Å²) in [7, 11) is 5.67.